The first-order valence-corrected chi connectivity index (χ1v) is 6.21. The third kappa shape index (κ3) is 1.87. The standard InChI is InChI=1S/C14H17FO2/c1-9-2-5-12(13(15)6-9)14(16)7-10-3-4-11(8-14)17-10/h2,5-6,10-11,16H,3-4,7-8H2,1H3. The van der Waals surface area contributed by atoms with E-state index in [2.05, 4.69) is 0 Å². The molecular weight excluding hydrogens is 219 g/mol. The molecule has 2 bridgehead atoms. The van der Waals surface area contributed by atoms with Crippen LogP contribution in [0.1, 0.15) is 36.8 Å². The van der Waals surface area contributed by atoms with E-state index >= 15 is 0 Å². The van der Waals surface area contributed by atoms with Crippen LogP contribution < -0.4 is 0 Å². The number of ether oxygens (including phenoxy) is 1. The van der Waals surface area contributed by atoms with Crippen molar-refractivity contribution in [3.8, 4) is 0 Å². The van der Waals surface area contributed by atoms with Crippen molar-refractivity contribution in [1.29, 1.82) is 0 Å². The SMILES string of the molecule is Cc1ccc(C2(O)CC3CCC(C2)O3)c(F)c1. The summed E-state index contributed by atoms with van der Waals surface area (Å²) in [7, 11) is 0. The van der Waals surface area contributed by atoms with Crippen molar-refractivity contribution in [3.63, 3.8) is 0 Å². The van der Waals surface area contributed by atoms with Crippen molar-refractivity contribution < 1.29 is 14.2 Å². The van der Waals surface area contributed by atoms with Gasteiger partial charge in [-0.15, -0.1) is 0 Å². The lowest BCUT2D eigenvalue weighted by atomic mass is 9.83. The van der Waals surface area contributed by atoms with E-state index in [1.807, 2.05) is 13.0 Å². The summed E-state index contributed by atoms with van der Waals surface area (Å²) in [6.45, 7) is 1.85. The zero-order chi connectivity index (χ0) is 12.0. The molecule has 2 aliphatic heterocycles. The fourth-order valence-corrected chi connectivity index (χ4v) is 3.13. The molecule has 0 aromatic heterocycles. The van der Waals surface area contributed by atoms with E-state index in [0.717, 1.165) is 18.4 Å². The molecule has 1 N–H and O–H groups in total. The van der Waals surface area contributed by atoms with Crippen LogP contribution in [0, 0.1) is 12.7 Å². The number of benzene rings is 1. The minimum Gasteiger partial charge on any atom is -0.385 e. The van der Waals surface area contributed by atoms with Crippen molar-refractivity contribution >= 4 is 0 Å². The molecule has 1 aromatic carbocycles. The van der Waals surface area contributed by atoms with Gasteiger partial charge in [-0.05, 0) is 31.4 Å². The Morgan fingerprint density at radius 3 is 2.53 bits per heavy atom. The molecule has 2 fully saturated rings. The van der Waals surface area contributed by atoms with Crippen molar-refractivity contribution in [2.75, 3.05) is 0 Å². The number of hydrogen-bond donors (Lipinski definition) is 1. The second-order valence-electron chi connectivity index (χ2n) is 5.38. The first kappa shape index (κ1) is 11.2. The monoisotopic (exact) mass is 236 g/mol. The van der Waals surface area contributed by atoms with E-state index in [4.69, 9.17) is 4.74 Å². The van der Waals surface area contributed by atoms with Crippen LogP contribution in [0.25, 0.3) is 0 Å². The lowest BCUT2D eigenvalue weighted by Gasteiger charge is -2.37. The summed E-state index contributed by atoms with van der Waals surface area (Å²) in [5.74, 6) is -0.297. The van der Waals surface area contributed by atoms with Crippen LogP contribution in [0.4, 0.5) is 4.39 Å². The minimum atomic E-state index is -1.04. The average molecular weight is 236 g/mol. The quantitative estimate of drug-likeness (QED) is 0.812. The molecule has 2 saturated heterocycles. The van der Waals surface area contributed by atoms with Gasteiger partial charge in [0, 0.05) is 18.4 Å². The predicted molar refractivity (Wildman–Crippen MR) is 62.2 cm³/mol. The molecule has 17 heavy (non-hydrogen) atoms. The number of hydrogen-bond acceptors (Lipinski definition) is 2. The van der Waals surface area contributed by atoms with Crippen LogP contribution in [0.3, 0.4) is 0 Å². The summed E-state index contributed by atoms with van der Waals surface area (Å²) in [4.78, 5) is 0. The predicted octanol–water partition coefficient (Wildman–Crippen LogP) is 2.66. The number of aliphatic hydroxyl groups is 1. The van der Waals surface area contributed by atoms with Crippen molar-refractivity contribution in [2.24, 2.45) is 0 Å². The highest BCUT2D eigenvalue weighted by Crippen LogP contribution is 2.44. The molecule has 1 aromatic rings. The van der Waals surface area contributed by atoms with Gasteiger partial charge >= 0.3 is 0 Å². The summed E-state index contributed by atoms with van der Waals surface area (Å²) >= 11 is 0. The second kappa shape index (κ2) is 3.79. The smallest absolute Gasteiger partial charge is 0.129 e. The molecule has 3 rings (SSSR count). The Bertz CT molecular complexity index is 432. The Labute approximate surface area is 100 Å². The zero-order valence-electron chi connectivity index (χ0n) is 9.95. The molecule has 0 aliphatic carbocycles. The van der Waals surface area contributed by atoms with Crippen LogP contribution in [0.2, 0.25) is 0 Å². The molecule has 2 aliphatic rings. The Balaban J connectivity index is 1.97. The molecule has 0 amide bonds. The van der Waals surface area contributed by atoms with Crippen LogP contribution in [0.15, 0.2) is 18.2 Å². The molecule has 0 radical (unpaired) electrons. The lowest BCUT2D eigenvalue weighted by Crippen LogP contribution is -2.39. The molecule has 2 nitrogen and oxygen atoms in total. The summed E-state index contributed by atoms with van der Waals surface area (Å²) < 4.78 is 19.6. The van der Waals surface area contributed by atoms with Crippen molar-refractivity contribution in [1.82, 2.24) is 0 Å². The molecule has 2 atom stereocenters. The van der Waals surface area contributed by atoms with E-state index in [1.54, 1.807) is 6.07 Å². The van der Waals surface area contributed by atoms with Gasteiger partial charge in [0.25, 0.3) is 0 Å². The van der Waals surface area contributed by atoms with Gasteiger partial charge in [-0.2, -0.15) is 0 Å². The average Bonchev–Trinajstić information content (AvgIpc) is 2.58. The number of halogens is 1. The van der Waals surface area contributed by atoms with Crippen molar-refractivity contribution in [2.45, 2.75) is 50.4 Å². The van der Waals surface area contributed by atoms with Gasteiger partial charge in [0.15, 0.2) is 0 Å². The molecule has 2 unspecified atom stereocenters. The molecule has 2 heterocycles. The molecule has 92 valence electrons. The number of rotatable bonds is 1. The topological polar surface area (TPSA) is 29.5 Å². The first-order chi connectivity index (χ1) is 8.07. The van der Waals surface area contributed by atoms with Crippen LogP contribution >= 0.6 is 0 Å². The van der Waals surface area contributed by atoms with Crippen LogP contribution in [-0.4, -0.2) is 17.3 Å². The lowest BCUT2D eigenvalue weighted by molar-refractivity contribution is -0.116. The van der Waals surface area contributed by atoms with Gasteiger partial charge in [0.1, 0.15) is 5.82 Å². The third-order valence-corrected chi connectivity index (χ3v) is 3.95. The maximum Gasteiger partial charge on any atom is 0.129 e. The Morgan fingerprint density at radius 2 is 1.94 bits per heavy atom. The maximum absolute atomic E-state index is 14.0. The Kier molecular flexibility index (Phi) is 2.49. The fourth-order valence-electron chi connectivity index (χ4n) is 3.13. The van der Waals surface area contributed by atoms with E-state index in [-0.39, 0.29) is 18.0 Å². The third-order valence-electron chi connectivity index (χ3n) is 3.95. The van der Waals surface area contributed by atoms with E-state index < -0.39 is 5.60 Å². The van der Waals surface area contributed by atoms with Gasteiger partial charge in [-0.25, -0.2) is 4.39 Å². The molecule has 0 saturated carbocycles. The fraction of sp³-hybridized carbons (Fsp3) is 0.571. The zero-order valence-corrected chi connectivity index (χ0v) is 9.95. The molecule has 3 heteroatoms. The maximum atomic E-state index is 14.0. The summed E-state index contributed by atoms with van der Waals surface area (Å²) in [6.07, 6.45) is 3.20. The van der Waals surface area contributed by atoms with Gasteiger partial charge in [0.05, 0.1) is 17.8 Å². The highest BCUT2D eigenvalue weighted by Gasteiger charge is 2.45. The van der Waals surface area contributed by atoms with Gasteiger partial charge in [0.2, 0.25) is 0 Å². The first-order valence-electron chi connectivity index (χ1n) is 6.21. The van der Waals surface area contributed by atoms with Gasteiger partial charge in [-0.1, -0.05) is 12.1 Å². The second-order valence-corrected chi connectivity index (χ2v) is 5.38. The van der Waals surface area contributed by atoms with Crippen LogP contribution in [-0.2, 0) is 10.3 Å². The normalized spacial score (nSPS) is 36.2. The molecule has 0 spiro atoms. The van der Waals surface area contributed by atoms with Crippen LogP contribution in [0.5, 0.6) is 0 Å². The summed E-state index contributed by atoms with van der Waals surface area (Å²) in [6, 6.07) is 5.06. The highest BCUT2D eigenvalue weighted by atomic mass is 19.1. The van der Waals surface area contributed by atoms with Gasteiger partial charge in [-0.3, -0.25) is 0 Å². The summed E-state index contributed by atoms with van der Waals surface area (Å²) in [5.41, 5.74) is 0.273. The highest BCUT2D eigenvalue weighted by molar-refractivity contribution is 5.29. The Hall–Kier alpha value is -0.930. The Morgan fingerprint density at radius 1 is 1.29 bits per heavy atom. The van der Waals surface area contributed by atoms with E-state index in [1.165, 1.54) is 6.07 Å². The summed E-state index contributed by atoms with van der Waals surface area (Å²) in [5, 5.41) is 10.7. The number of aryl methyl sites for hydroxylation is 1. The largest absolute Gasteiger partial charge is 0.385 e. The van der Waals surface area contributed by atoms with Crippen molar-refractivity contribution in [3.05, 3.63) is 35.1 Å². The molecular formula is C14H17FO2. The number of fused-ring (bicyclic) bond motifs is 2. The van der Waals surface area contributed by atoms with Gasteiger partial charge < -0.3 is 9.84 Å². The minimum absolute atomic E-state index is 0.0967. The van der Waals surface area contributed by atoms with E-state index in [0.29, 0.717) is 18.4 Å². The van der Waals surface area contributed by atoms with E-state index in [9.17, 15) is 9.50 Å².